The lowest BCUT2D eigenvalue weighted by Crippen LogP contribution is -2.16. The summed E-state index contributed by atoms with van der Waals surface area (Å²) in [6.07, 6.45) is 2.83. The summed E-state index contributed by atoms with van der Waals surface area (Å²) in [4.78, 5) is 20.1. The van der Waals surface area contributed by atoms with Crippen LogP contribution in [0.5, 0.6) is 0 Å². The standard InChI is InChI=1S/C15H21N5O2S/c1-4-5-6-12-9(2)17-13-18-14(19-20(13)10(12)3)23-8-11-7-16-15(21)22-11/h11H,4-8H2,1-3H3,(H,16,21)/t11-/m1/s1. The minimum absolute atomic E-state index is 0.130. The number of ether oxygens (including phenoxy) is 1. The number of nitrogens with one attached hydrogen (secondary N) is 1. The first kappa shape index (κ1) is 16.0. The molecule has 1 aliphatic heterocycles. The van der Waals surface area contributed by atoms with E-state index in [0.29, 0.717) is 23.2 Å². The van der Waals surface area contributed by atoms with E-state index in [9.17, 15) is 4.79 Å². The predicted molar refractivity (Wildman–Crippen MR) is 87.9 cm³/mol. The van der Waals surface area contributed by atoms with E-state index in [-0.39, 0.29) is 12.2 Å². The van der Waals surface area contributed by atoms with Gasteiger partial charge in [-0.3, -0.25) is 0 Å². The number of aromatic nitrogens is 4. The topological polar surface area (TPSA) is 81.4 Å². The number of thioether (sulfide) groups is 1. The van der Waals surface area contributed by atoms with Crippen LogP contribution in [0.1, 0.15) is 36.7 Å². The van der Waals surface area contributed by atoms with Crippen LogP contribution in [-0.2, 0) is 11.2 Å². The van der Waals surface area contributed by atoms with Crippen molar-refractivity contribution < 1.29 is 9.53 Å². The monoisotopic (exact) mass is 335 g/mol. The van der Waals surface area contributed by atoms with Gasteiger partial charge in [-0.2, -0.15) is 4.98 Å². The molecule has 124 valence electrons. The number of fused-ring (bicyclic) bond motifs is 1. The SMILES string of the molecule is CCCCc1c(C)nc2nc(SC[C@H]3CNC(=O)O3)nn2c1C. The number of carbonyl (C=O) groups excluding carboxylic acids is 1. The van der Waals surface area contributed by atoms with Gasteiger partial charge in [0.1, 0.15) is 6.10 Å². The molecule has 1 atom stereocenters. The number of hydrogen-bond donors (Lipinski definition) is 1. The van der Waals surface area contributed by atoms with Gasteiger partial charge in [-0.15, -0.1) is 5.10 Å². The summed E-state index contributed by atoms with van der Waals surface area (Å²) in [7, 11) is 0. The Labute approximate surface area is 139 Å². The van der Waals surface area contributed by atoms with E-state index < -0.39 is 0 Å². The van der Waals surface area contributed by atoms with Crippen LogP contribution in [-0.4, -0.2) is 44.1 Å². The van der Waals surface area contributed by atoms with Gasteiger partial charge in [-0.25, -0.2) is 14.3 Å². The molecular weight excluding hydrogens is 314 g/mol. The molecule has 0 saturated carbocycles. The molecule has 1 N–H and O–H groups in total. The molecule has 3 heterocycles. The fourth-order valence-corrected chi connectivity index (χ4v) is 3.47. The Morgan fingerprint density at radius 2 is 2.22 bits per heavy atom. The second-order valence-electron chi connectivity index (χ2n) is 5.69. The van der Waals surface area contributed by atoms with E-state index in [4.69, 9.17) is 4.74 Å². The normalized spacial score (nSPS) is 17.5. The number of hydrogen-bond acceptors (Lipinski definition) is 6. The van der Waals surface area contributed by atoms with Crippen LogP contribution in [0.4, 0.5) is 4.79 Å². The maximum atomic E-state index is 11.0. The third-order valence-electron chi connectivity index (χ3n) is 3.96. The van der Waals surface area contributed by atoms with Crippen molar-refractivity contribution in [3.8, 4) is 0 Å². The summed E-state index contributed by atoms with van der Waals surface area (Å²) in [5.41, 5.74) is 3.39. The van der Waals surface area contributed by atoms with Gasteiger partial charge in [0.05, 0.1) is 6.54 Å². The Morgan fingerprint density at radius 1 is 1.39 bits per heavy atom. The largest absolute Gasteiger partial charge is 0.443 e. The van der Waals surface area contributed by atoms with Crippen LogP contribution >= 0.6 is 11.8 Å². The van der Waals surface area contributed by atoms with Gasteiger partial charge in [0.2, 0.25) is 5.16 Å². The van der Waals surface area contributed by atoms with Crippen LogP contribution in [0.3, 0.4) is 0 Å². The van der Waals surface area contributed by atoms with Gasteiger partial charge >= 0.3 is 6.09 Å². The molecule has 0 aromatic carbocycles. The minimum Gasteiger partial charge on any atom is -0.443 e. The van der Waals surface area contributed by atoms with Crippen molar-refractivity contribution in [2.75, 3.05) is 12.3 Å². The summed E-state index contributed by atoms with van der Waals surface area (Å²) in [6, 6.07) is 0. The van der Waals surface area contributed by atoms with Crippen LogP contribution in [0, 0.1) is 13.8 Å². The highest BCUT2D eigenvalue weighted by molar-refractivity contribution is 7.99. The minimum atomic E-state index is -0.354. The molecule has 2 aromatic heterocycles. The third-order valence-corrected chi connectivity index (χ3v) is 4.93. The van der Waals surface area contributed by atoms with Crippen molar-refractivity contribution in [2.24, 2.45) is 0 Å². The van der Waals surface area contributed by atoms with Gasteiger partial charge in [0.25, 0.3) is 5.78 Å². The summed E-state index contributed by atoms with van der Waals surface area (Å²) in [6.45, 7) is 6.82. The maximum absolute atomic E-state index is 11.0. The third kappa shape index (κ3) is 3.41. The van der Waals surface area contributed by atoms with Crippen molar-refractivity contribution in [3.63, 3.8) is 0 Å². The van der Waals surface area contributed by atoms with Crippen molar-refractivity contribution in [3.05, 3.63) is 17.0 Å². The molecule has 3 rings (SSSR count). The van der Waals surface area contributed by atoms with Crippen LogP contribution in [0.25, 0.3) is 5.78 Å². The summed E-state index contributed by atoms with van der Waals surface area (Å²) < 4.78 is 6.93. The lowest BCUT2D eigenvalue weighted by atomic mass is 10.1. The van der Waals surface area contributed by atoms with Crippen LogP contribution in [0.15, 0.2) is 5.16 Å². The van der Waals surface area contributed by atoms with Crippen molar-refractivity contribution in [2.45, 2.75) is 51.3 Å². The fourth-order valence-electron chi connectivity index (χ4n) is 2.66. The number of cyclic esters (lactones) is 1. The number of nitrogens with zero attached hydrogens (tertiary/aromatic N) is 4. The molecule has 0 unspecified atom stereocenters. The maximum Gasteiger partial charge on any atom is 0.407 e. The van der Waals surface area contributed by atoms with E-state index in [1.807, 2.05) is 11.4 Å². The Morgan fingerprint density at radius 3 is 2.91 bits per heavy atom. The van der Waals surface area contributed by atoms with E-state index in [0.717, 1.165) is 30.7 Å². The molecule has 1 saturated heterocycles. The number of alkyl carbamates (subject to hydrolysis) is 1. The molecule has 0 radical (unpaired) electrons. The lowest BCUT2D eigenvalue weighted by Gasteiger charge is -2.09. The predicted octanol–water partition coefficient (Wildman–Crippen LogP) is 2.28. The fraction of sp³-hybridized carbons (Fsp3) is 0.600. The average molecular weight is 335 g/mol. The van der Waals surface area contributed by atoms with Gasteiger partial charge in [-0.05, 0) is 32.3 Å². The molecule has 1 aliphatic rings. The first-order chi connectivity index (χ1) is 11.1. The van der Waals surface area contributed by atoms with Gasteiger partial charge < -0.3 is 10.1 Å². The van der Waals surface area contributed by atoms with Gasteiger partial charge in [0.15, 0.2) is 0 Å². The summed E-state index contributed by atoms with van der Waals surface area (Å²) >= 11 is 1.48. The molecule has 2 aromatic rings. The summed E-state index contributed by atoms with van der Waals surface area (Å²) in [5, 5.41) is 7.85. The van der Waals surface area contributed by atoms with Gasteiger partial charge in [-0.1, -0.05) is 25.1 Å². The molecule has 0 spiro atoms. The van der Waals surface area contributed by atoms with E-state index in [1.54, 1.807) is 0 Å². The smallest absolute Gasteiger partial charge is 0.407 e. The zero-order valence-electron chi connectivity index (χ0n) is 13.6. The van der Waals surface area contributed by atoms with Crippen molar-refractivity contribution in [1.82, 2.24) is 24.9 Å². The second-order valence-corrected chi connectivity index (χ2v) is 6.68. The second kappa shape index (κ2) is 6.74. The molecule has 1 amide bonds. The van der Waals surface area contributed by atoms with E-state index in [2.05, 4.69) is 34.2 Å². The highest BCUT2D eigenvalue weighted by Crippen LogP contribution is 2.21. The molecule has 0 aliphatic carbocycles. The first-order valence-corrected chi connectivity index (χ1v) is 8.87. The van der Waals surface area contributed by atoms with E-state index in [1.165, 1.54) is 17.3 Å². The van der Waals surface area contributed by atoms with E-state index >= 15 is 0 Å². The Kier molecular flexibility index (Phi) is 4.70. The molecule has 23 heavy (non-hydrogen) atoms. The zero-order chi connectivity index (χ0) is 16.4. The number of rotatable bonds is 6. The number of amides is 1. The quantitative estimate of drug-likeness (QED) is 0.816. The summed E-state index contributed by atoms with van der Waals surface area (Å²) in [5.74, 6) is 1.26. The lowest BCUT2D eigenvalue weighted by molar-refractivity contribution is 0.150. The van der Waals surface area contributed by atoms with Crippen LogP contribution in [0.2, 0.25) is 0 Å². The first-order valence-electron chi connectivity index (χ1n) is 7.88. The molecule has 0 bridgehead atoms. The Balaban J connectivity index is 1.78. The molecule has 7 nitrogen and oxygen atoms in total. The number of aryl methyl sites for hydroxylation is 2. The highest BCUT2D eigenvalue weighted by Gasteiger charge is 2.23. The Bertz CT molecular complexity index is 730. The Hall–Kier alpha value is -1.83. The molecule has 1 fully saturated rings. The average Bonchev–Trinajstić information content (AvgIpc) is 3.11. The number of unbranched alkanes of at least 4 members (excludes halogenated alkanes) is 1. The highest BCUT2D eigenvalue weighted by atomic mass is 32.2. The van der Waals surface area contributed by atoms with Gasteiger partial charge in [0, 0.05) is 17.1 Å². The molecule has 8 heteroatoms. The van der Waals surface area contributed by atoms with Crippen LogP contribution < -0.4 is 5.32 Å². The van der Waals surface area contributed by atoms with Crippen molar-refractivity contribution in [1.29, 1.82) is 0 Å². The molecular formula is C15H21N5O2S. The number of carbonyl (C=O) groups is 1. The zero-order valence-corrected chi connectivity index (χ0v) is 14.4. The van der Waals surface area contributed by atoms with Crippen molar-refractivity contribution >= 4 is 23.6 Å².